The second kappa shape index (κ2) is 4.93. The maximum absolute atomic E-state index is 6.00. The van der Waals surface area contributed by atoms with E-state index in [0.29, 0.717) is 0 Å². The lowest BCUT2D eigenvalue weighted by Crippen LogP contribution is -2.41. The Morgan fingerprint density at radius 3 is 2.45 bits per heavy atom. The number of rotatable bonds is 2. The van der Waals surface area contributed by atoms with Gasteiger partial charge in [-0.1, -0.05) is 0 Å². The van der Waals surface area contributed by atoms with Crippen molar-refractivity contribution in [2.45, 2.75) is 70.4 Å². The fourth-order valence-electron chi connectivity index (χ4n) is 2.64. The molecule has 2 fully saturated rings. The van der Waals surface area contributed by atoms with E-state index in [0.717, 1.165) is 25.1 Å². The zero-order chi connectivity index (χ0) is 14.4. The molecule has 0 aliphatic carbocycles. The Hall–Kier alpha value is -0.715. The Labute approximate surface area is 120 Å². The largest absolute Gasteiger partial charge is 0.515 e. The van der Waals surface area contributed by atoms with Gasteiger partial charge in [0.15, 0.2) is 6.17 Å². The van der Waals surface area contributed by atoms with Crippen LogP contribution in [-0.4, -0.2) is 49.0 Å². The van der Waals surface area contributed by atoms with E-state index in [9.17, 15) is 0 Å². The van der Waals surface area contributed by atoms with E-state index in [1.165, 1.54) is 6.42 Å². The van der Waals surface area contributed by atoms with Crippen LogP contribution in [0.3, 0.4) is 0 Å². The Kier molecular flexibility index (Phi) is 3.51. The van der Waals surface area contributed by atoms with Crippen LogP contribution in [0.1, 0.15) is 47.0 Å². The summed E-state index contributed by atoms with van der Waals surface area (Å²) in [5, 5.41) is 0. The van der Waals surface area contributed by atoms with Crippen LogP contribution in [0.2, 0.25) is 0 Å². The third-order valence-electron chi connectivity index (χ3n) is 4.68. The SMILES string of the molecule is CC1(C)OB(C2=NC(C3CCCCO3)N=C2)OC1(C)C. The predicted molar refractivity (Wildman–Crippen MR) is 79.4 cm³/mol. The van der Waals surface area contributed by atoms with Gasteiger partial charge in [0.05, 0.1) is 22.9 Å². The van der Waals surface area contributed by atoms with Crippen LogP contribution < -0.4 is 0 Å². The van der Waals surface area contributed by atoms with Crippen molar-refractivity contribution in [3.05, 3.63) is 0 Å². The molecule has 0 aromatic heterocycles. The molecule has 6 heteroatoms. The van der Waals surface area contributed by atoms with Crippen molar-refractivity contribution < 1.29 is 14.0 Å². The maximum Gasteiger partial charge on any atom is 0.515 e. The summed E-state index contributed by atoms with van der Waals surface area (Å²) in [5.74, 6) is 0. The van der Waals surface area contributed by atoms with Gasteiger partial charge >= 0.3 is 7.12 Å². The molecule has 3 aliphatic heterocycles. The van der Waals surface area contributed by atoms with Crippen LogP contribution in [0, 0.1) is 0 Å². The molecular formula is C14H23BN2O3. The average molecular weight is 278 g/mol. The molecule has 0 aromatic carbocycles. The molecule has 3 aliphatic rings. The Bertz CT molecular complexity index is 426. The van der Waals surface area contributed by atoms with Gasteiger partial charge in [-0.05, 0) is 47.0 Å². The van der Waals surface area contributed by atoms with Crippen LogP contribution in [0.4, 0.5) is 0 Å². The normalized spacial score (nSPS) is 35.4. The molecule has 110 valence electrons. The zero-order valence-electron chi connectivity index (χ0n) is 12.8. The highest BCUT2D eigenvalue weighted by atomic mass is 16.7. The summed E-state index contributed by atoms with van der Waals surface area (Å²) in [5.41, 5.74) is 0.101. The highest BCUT2D eigenvalue weighted by Gasteiger charge is 2.53. The van der Waals surface area contributed by atoms with Gasteiger partial charge in [-0.2, -0.15) is 0 Å². The molecule has 0 spiro atoms. The summed E-state index contributed by atoms with van der Waals surface area (Å²) in [6, 6.07) is 0. The minimum absolute atomic E-state index is 0.111. The van der Waals surface area contributed by atoms with Gasteiger partial charge in [0.1, 0.15) is 0 Å². The van der Waals surface area contributed by atoms with Gasteiger partial charge in [0.25, 0.3) is 0 Å². The molecule has 0 bridgehead atoms. The zero-order valence-corrected chi connectivity index (χ0v) is 12.8. The number of hydrogen-bond donors (Lipinski definition) is 0. The topological polar surface area (TPSA) is 52.4 Å². The van der Waals surface area contributed by atoms with E-state index < -0.39 is 7.12 Å². The number of aliphatic imine (C=N–C) groups is 2. The van der Waals surface area contributed by atoms with Gasteiger partial charge in [-0.25, -0.2) is 0 Å². The van der Waals surface area contributed by atoms with Crippen LogP contribution >= 0.6 is 0 Å². The highest BCUT2D eigenvalue weighted by Crippen LogP contribution is 2.37. The molecule has 2 saturated heterocycles. The summed E-state index contributed by atoms with van der Waals surface area (Å²) in [4.78, 5) is 9.11. The summed E-state index contributed by atoms with van der Waals surface area (Å²) in [7, 11) is -0.419. The average Bonchev–Trinajstić information content (AvgIpc) is 2.94. The van der Waals surface area contributed by atoms with Crippen LogP contribution in [0.25, 0.3) is 0 Å². The molecule has 20 heavy (non-hydrogen) atoms. The highest BCUT2D eigenvalue weighted by molar-refractivity contribution is 6.93. The van der Waals surface area contributed by atoms with Crippen molar-refractivity contribution in [3.63, 3.8) is 0 Å². The van der Waals surface area contributed by atoms with Crippen molar-refractivity contribution >= 4 is 18.9 Å². The van der Waals surface area contributed by atoms with Crippen molar-refractivity contribution in [2.75, 3.05) is 6.61 Å². The lowest BCUT2D eigenvalue weighted by atomic mass is 9.83. The molecule has 5 nitrogen and oxygen atoms in total. The Morgan fingerprint density at radius 2 is 1.85 bits per heavy atom. The van der Waals surface area contributed by atoms with E-state index in [-0.39, 0.29) is 23.5 Å². The first kappa shape index (κ1) is 14.2. The molecule has 3 rings (SSSR count). The molecule has 2 atom stereocenters. The van der Waals surface area contributed by atoms with Gasteiger partial charge in [-0.15, -0.1) is 0 Å². The van der Waals surface area contributed by atoms with Crippen molar-refractivity contribution in [1.82, 2.24) is 0 Å². The van der Waals surface area contributed by atoms with E-state index in [1.807, 2.05) is 27.7 Å². The van der Waals surface area contributed by atoms with Gasteiger partial charge in [0, 0.05) is 12.8 Å². The minimum Gasteiger partial charge on any atom is -0.398 e. The van der Waals surface area contributed by atoms with E-state index in [2.05, 4.69) is 9.98 Å². The van der Waals surface area contributed by atoms with E-state index >= 15 is 0 Å². The first-order valence-electron chi connectivity index (χ1n) is 7.47. The van der Waals surface area contributed by atoms with Crippen molar-refractivity contribution in [1.29, 1.82) is 0 Å². The van der Waals surface area contributed by atoms with Crippen LogP contribution in [-0.2, 0) is 14.0 Å². The number of hydrogen-bond acceptors (Lipinski definition) is 5. The Balaban J connectivity index is 1.69. The Morgan fingerprint density at radius 1 is 1.15 bits per heavy atom. The number of ether oxygens (including phenoxy) is 1. The summed E-state index contributed by atoms with van der Waals surface area (Å²) >= 11 is 0. The molecular weight excluding hydrogens is 255 g/mol. The van der Waals surface area contributed by atoms with Crippen molar-refractivity contribution in [2.24, 2.45) is 9.98 Å². The molecule has 0 aromatic rings. The van der Waals surface area contributed by atoms with Gasteiger partial charge in [-0.3, -0.25) is 9.98 Å². The summed E-state index contributed by atoms with van der Waals surface area (Å²) < 4.78 is 17.7. The smallest absolute Gasteiger partial charge is 0.398 e. The fraction of sp³-hybridized carbons (Fsp3) is 0.857. The second-order valence-corrected chi connectivity index (χ2v) is 6.74. The molecule has 0 amide bonds. The lowest BCUT2D eigenvalue weighted by Gasteiger charge is -2.32. The first-order chi connectivity index (χ1) is 9.39. The number of nitrogens with zero attached hydrogens (tertiary/aromatic N) is 2. The third kappa shape index (κ3) is 2.45. The maximum atomic E-state index is 6.00. The molecule has 3 heterocycles. The lowest BCUT2D eigenvalue weighted by molar-refractivity contribution is 0.00340. The first-order valence-corrected chi connectivity index (χ1v) is 7.47. The van der Waals surface area contributed by atoms with Gasteiger partial charge < -0.3 is 14.0 Å². The minimum atomic E-state index is -0.419. The van der Waals surface area contributed by atoms with Crippen LogP contribution in [0.15, 0.2) is 9.98 Å². The molecule has 0 N–H and O–H groups in total. The monoisotopic (exact) mass is 278 g/mol. The summed E-state index contributed by atoms with van der Waals surface area (Å²) in [6.45, 7) is 8.99. The molecule has 0 radical (unpaired) electrons. The van der Waals surface area contributed by atoms with Gasteiger partial charge in [0.2, 0.25) is 0 Å². The molecule has 2 unspecified atom stereocenters. The van der Waals surface area contributed by atoms with Crippen molar-refractivity contribution in [3.8, 4) is 0 Å². The van der Waals surface area contributed by atoms with E-state index in [1.54, 1.807) is 6.21 Å². The second-order valence-electron chi connectivity index (χ2n) is 6.74. The standard InChI is InChI=1S/C14H23BN2O3/c1-13(2)14(3,4)20-15(19-13)11-9-16-12(17-11)10-7-5-6-8-18-10/h9-10,12H,5-8H2,1-4H3. The van der Waals surface area contributed by atoms with E-state index in [4.69, 9.17) is 14.0 Å². The molecule has 0 saturated carbocycles. The summed E-state index contributed by atoms with van der Waals surface area (Å²) in [6.07, 6.45) is 5.13. The predicted octanol–water partition coefficient (Wildman–Crippen LogP) is 2.04. The van der Waals surface area contributed by atoms with Crippen LogP contribution in [0.5, 0.6) is 0 Å². The fourth-order valence-corrected chi connectivity index (χ4v) is 2.64. The quantitative estimate of drug-likeness (QED) is 0.726. The third-order valence-corrected chi connectivity index (χ3v) is 4.68.